The molecule has 0 spiro atoms. The number of rotatable bonds is 5. The minimum Gasteiger partial charge on any atom is -0.396 e. The number of hydrogen-bond acceptors (Lipinski definition) is 2. The molecule has 0 amide bonds. The van der Waals surface area contributed by atoms with Crippen molar-refractivity contribution in [1.82, 2.24) is 0 Å². The van der Waals surface area contributed by atoms with Gasteiger partial charge in [0.1, 0.15) is 0 Å². The lowest BCUT2D eigenvalue weighted by molar-refractivity contribution is 0.130. The number of aliphatic hydroxyl groups is 1. The average molecular weight is 196 g/mol. The Balaban J connectivity index is 4.41. The minimum absolute atomic E-state index is 0.162. The molecule has 0 fully saturated rings. The molecule has 0 atom stereocenters. The van der Waals surface area contributed by atoms with Gasteiger partial charge >= 0.3 is 7.60 Å². The van der Waals surface area contributed by atoms with Gasteiger partial charge in [-0.25, -0.2) is 0 Å². The maximum absolute atomic E-state index is 10.7. The van der Waals surface area contributed by atoms with Gasteiger partial charge in [-0.2, -0.15) is 0 Å². The van der Waals surface area contributed by atoms with E-state index in [0.29, 0.717) is 12.8 Å². The summed E-state index contributed by atoms with van der Waals surface area (Å²) in [6, 6.07) is 0. The predicted octanol–water partition coefficient (Wildman–Crippen LogP) is 0.963. The van der Waals surface area contributed by atoms with Gasteiger partial charge in [-0.05, 0) is 12.8 Å². The second kappa shape index (κ2) is 4.38. The normalized spacial score (nSPS) is 13.4. The number of aliphatic hydroxyl groups excluding tert-OH is 1. The molecule has 0 aromatic heterocycles. The SMILES string of the molecule is CCC(CC)(CO)CP(=O)(O)O. The molecule has 0 bridgehead atoms. The Kier molecular flexibility index (Phi) is 4.42. The van der Waals surface area contributed by atoms with Gasteiger partial charge in [0.25, 0.3) is 0 Å². The molecule has 0 aliphatic carbocycles. The van der Waals surface area contributed by atoms with Gasteiger partial charge in [0, 0.05) is 12.0 Å². The van der Waals surface area contributed by atoms with Crippen LogP contribution in [0.4, 0.5) is 0 Å². The molecule has 3 N–H and O–H groups in total. The zero-order valence-electron chi connectivity index (χ0n) is 7.53. The van der Waals surface area contributed by atoms with Crippen molar-refractivity contribution in [3.63, 3.8) is 0 Å². The first kappa shape index (κ1) is 12.1. The van der Waals surface area contributed by atoms with Gasteiger partial charge in [-0.15, -0.1) is 0 Å². The first-order valence-corrected chi connectivity index (χ1v) is 5.84. The van der Waals surface area contributed by atoms with Gasteiger partial charge in [-0.3, -0.25) is 4.57 Å². The summed E-state index contributed by atoms with van der Waals surface area (Å²) < 4.78 is 10.7. The van der Waals surface area contributed by atoms with Crippen LogP contribution in [0.3, 0.4) is 0 Å². The summed E-state index contributed by atoms with van der Waals surface area (Å²) >= 11 is 0. The van der Waals surface area contributed by atoms with Crippen LogP contribution in [0.25, 0.3) is 0 Å². The van der Waals surface area contributed by atoms with Crippen molar-refractivity contribution in [3.05, 3.63) is 0 Å². The molecule has 0 aromatic rings. The maximum Gasteiger partial charge on any atom is 0.326 e. The maximum atomic E-state index is 10.7. The van der Waals surface area contributed by atoms with Gasteiger partial charge in [0.2, 0.25) is 0 Å². The molecular formula is C7H17O4P. The zero-order chi connectivity index (χ0) is 9.83. The van der Waals surface area contributed by atoms with Crippen molar-refractivity contribution in [1.29, 1.82) is 0 Å². The topological polar surface area (TPSA) is 77.8 Å². The molecule has 0 radical (unpaired) electrons. The minimum atomic E-state index is -4.00. The Morgan fingerprint density at radius 1 is 1.25 bits per heavy atom. The smallest absolute Gasteiger partial charge is 0.326 e. The molecule has 0 aromatic carbocycles. The fourth-order valence-electron chi connectivity index (χ4n) is 1.18. The summed E-state index contributed by atoms with van der Waals surface area (Å²) in [6.07, 6.45) is 0.958. The summed E-state index contributed by atoms with van der Waals surface area (Å²) in [5, 5.41) is 9.00. The van der Waals surface area contributed by atoms with Crippen molar-refractivity contribution < 1.29 is 19.5 Å². The summed E-state index contributed by atoms with van der Waals surface area (Å²) in [4.78, 5) is 17.5. The van der Waals surface area contributed by atoms with E-state index in [1.807, 2.05) is 13.8 Å². The Morgan fingerprint density at radius 3 is 1.75 bits per heavy atom. The van der Waals surface area contributed by atoms with Gasteiger partial charge < -0.3 is 14.9 Å². The van der Waals surface area contributed by atoms with E-state index >= 15 is 0 Å². The average Bonchev–Trinajstić information content (AvgIpc) is 1.99. The van der Waals surface area contributed by atoms with E-state index in [9.17, 15) is 4.57 Å². The second-order valence-corrected chi connectivity index (χ2v) is 4.83. The summed E-state index contributed by atoms with van der Waals surface area (Å²) in [5.74, 6) is 0. The second-order valence-electron chi connectivity index (χ2n) is 3.19. The van der Waals surface area contributed by atoms with E-state index in [-0.39, 0.29) is 12.8 Å². The Labute approximate surface area is 72.8 Å². The van der Waals surface area contributed by atoms with Crippen molar-refractivity contribution in [2.75, 3.05) is 12.8 Å². The molecule has 5 heteroatoms. The highest BCUT2D eigenvalue weighted by atomic mass is 31.2. The van der Waals surface area contributed by atoms with E-state index in [1.54, 1.807) is 0 Å². The van der Waals surface area contributed by atoms with E-state index in [2.05, 4.69) is 0 Å². The lowest BCUT2D eigenvalue weighted by atomic mass is 9.86. The van der Waals surface area contributed by atoms with Crippen molar-refractivity contribution in [2.24, 2.45) is 5.41 Å². The highest BCUT2D eigenvalue weighted by Gasteiger charge is 2.33. The van der Waals surface area contributed by atoms with E-state index in [0.717, 1.165) is 0 Å². The number of hydrogen-bond donors (Lipinski definition) is 3. The van der Waals surface area contributed by atoms with Crippen LogP contribution in [0.5, 0.6) is 0 Å². The van der Waals surface area contributed by atoms with Crippen LogP contribution < -0.4 is 0 Å². The largest absolute Gasteiger partial charge is 0.396 e. The molecule has 4 nitrogen and oxygen atoms in total. The van der Waals surface area contributed by atoms with Gasteiger partial charge in [0.15, 0.2) is 0 Å². The Hall–Kier alpha value is 0.110. The predicted molar refractivity (Wildman–Crippen MR) is 47.0 cm³/mol. The fourth-order valence-corrected chi connectivity index (χ4v) is 2.61. The fraction of sp³-hybridized carbons (Fsp3) is 1.00. The quantitative estimate of drug-likeness (QED) is 0.572. The monoisotopic (exact) mass is 196 g/mol. The molecule has 74 valence electrons. The lowest BCUT2D eigenvalue weighted by Gasteiger charge is -2.29. The van der Waals surface area contributed by atoms with E-state index in [1.165, 1.54) is 0 Å². The molecule has 0 saturated heterocycles. The van der Waals surface area contributed by atoms with Crippen LogP contribution in [0.2, 0.25) is 0 Å². The first-order valence-electron chi connectivity index (χ1n) is 4.04. The van der Waals surface area contributed by atoms with E-state index in [4.69, 9.17) is 14.9 Å². The summed E-state index contributed by atoms with van der Waals surface area (Å²) in [6.45, 7) is 3.50. The molecule has 0 heterocycles. The first-order chi connectivity index (χ1) is 5.39. The van der Waals surface area contributed by atoms with Crippen LogP contribution in [0, 0.1) is 5.41 Å². The molecule has 0 aliphatic heterocycles. The summed E-state index contributed by atoms with van der Waals surface area (Å²) in [5.41, 5.74) is -0.598. The lowest BCUT2D eigenvalue weighted by Crippen LogP contribution is -2.28. The van der Waals surface area contributed by atoms with Crippen LogP contribution >= 0.6 is 7.60 Å². The molecule has 0 rings (SSSR count). The van der Waals surface area contributed by atoms with Gasteiger partial charge in [0.05, 0.1) is 6.16 Å². The molecule has 0 aliphatic rings. The van der Waals surface area contributed by atoms with Crippen molar-refractivity contribution >= 4 is 7.60 Å². The summed E-state index contributed by atoms with van der Waals surface area (Å²) in [7, 11) is -4.00. The highest BCUT2D eigenvalue weighted by Crippen LogP contribution is 2.44. The van der Waals surface area contributed by atoms with Crippen molar-refractivity contribution in [2.45, 2.75) is 26.7 Å². The standard InChI is InChI=1S/C7H17O4P/c1-3-7(4-2,5-8)6-12(9,10)11/h8H,3-6H2,1-2H3,(H2,9,10,11). The van der Waals surface area contributed by atoms with Crippen LogP contribution in [-0.2, 0) is 4.57 Å². The Bertz CT molecular complexity index is 162. The van der Waals surface area contributed by atoms with Gasteiger partial charge in [-0.1, -0.05) is 13.8 Å². The molecule has 0 unspecified atom stereocenters. The molecule has 12 heavy (non-hydrogen) atoms. The zero-order valence-corrected chi connectivity index (χ0v) is 8.42. The van der Waals surface area contributed by atoms with Crippen molar-refractivity contribution in [3.8, 4) is 0 Å². The van der Waals surface area contributed by atoms with Crippen LogP contribution in [0.15, 0.2) is 0 Å². The van der Waals surface area contributed by atoms with Crippen LogP contribution in [0.1, 0.15) is 26.7 Å². The Morgan fingerprint density at radius 2 is 1.67 bits per heavy atom. The van der Waals surface area contributed by atoms with Crippen LogP contribution in [-0.4, -0.2) is 27.7 Å². The molecular weight excluding hydrogens is 179 g/mol. The third-order valence-electron chi connectivity index (χ3n) is 2.38. The third-order valence-corrected chi connectivity index (χ3v) is 3.46. The molecule has 0 saturated carbocycles. The van der Waals surface area contributed by atoms with E-state index < -0.39 is 13.0 Å². The third kappa shape index (κ3) is 3.68. The highest BCUT2D eigenvalue weighted by molar-refractivity contribution is 7.51.